The molecule has 34 heavy (non-hydrogen) atoms. The fraction of sp³-hybridized carbons (Fsp3) is 0.154. The molecular formula is C26H21ClF2N2O3. The van der Waals surface area contributed by atoms with Crippen molar-refractivity contribution < 1.29 is 18.7 Å². The summed E-state index contributed by atoms with van der Waals surface area (Å²) in [7, 11) is 0. The lowest BCUT2D eigenvalue weighted by atomic mass is 10.0. The Kier molecular flexibility index (Phi) is 7.05. The molecule has 0 spiro atoms. The van der Waals surface area contributed by atoms with Gasteiger partial charge in [-0.25, -0.2) is 8.78 Å². The maximum atomic E-state index is 14.7. The van der Waals surface area contributed by atoms with E-state index in [4.69, 9.17) is 16.7 Å². The third kappa shape index (κ3) is 5.00. The van der Waals surface area contributed by atoms with Gasteiger partial charge in [0, 0.05) is 35.8 Å². The van der Waals surface area contributed by atoms with Crippen molar-refractivity contribution in [1.29, 1.82) is 0 Å². The topological polar surface area (TPSA) is 71.3 Å². The normalized spacial score (nSPS) is 11.1. The van der Waals surface area contributed by atoms with Gasteiger partial charge in [-0.1, -0.05) is 29.8 Å². The highest BCUT2D eigenvalue weighted by atomic mass is 35.5. The number of carbonyl (C=O) groups excluding carboxylic acids is 1. The van der Waals surface area contributed by atoms with Crippen LogP contribution in [0.25, 0.3) is 16.6 Å². The zero-order valence-electron chi connectivity index (χ0n) is 18.0. The maximum Gasteiger partial charge on any atom is 0.257 e. The minimum absolute atomic E-state index is 0.00117. The highest BCUT2D eigenvalue weighted by Crippen LogP contribution is 2.22. The fourth-order valence-corrected chi connectivity index (χ4v) is 3.86. The number of halogens is 3. The smallest absolute Gasteiger partial charge is 0.257 e. The SMILES string of the molecule is O=C(NCc1ccc(Cl)cc1)c1cn(-c2ccc(F)cc2F)c2ccc(CCCO)cc2c1=O. The van der Waals surface area contributed by atoms with E-state index in [0.29, 0.717) is 23.4 Å². The summed E-state index contributed by atoms with van der Waals surface area (Å²) in [6.45, 7) is 0.158. The number of nitrogens with zero attached hydrogens (tertiary/aromatic N) is 1. The Morgan fingerprint density at radius 1 is 1.00 bits per heavy atom. The Balaban J connectivity index is 1.81. The molecule has 4 aromatic rings. The van der Waals surface area contributed by atoms with Crippen LogP contribution in [0.2, 0.25) is 5.02 Å². The first-order valence-corrected chi connectivity index (χ1v) is 11.0. The Morgan fingerprint density at radius 3 is 2.44 bits per heavy atom. The van der Waals surface area contributed by atoms with Crippen LogP contribution < -0.4 is 10.7 Å². The van der Waals surface area contributed by atoms with Crippen LogP contribution in [0.1, 0.15) is 27.9 Å². The number of fused-ring (bicyclic) bond motifs is 1. The minimum atomic E-state index is -0.832. The summed E-state index contributed by atoms with van der Waals surface area (Å²) in [5, 5.41) is 12.6. The molecule has 0 bridgehead atoms. The van der Waals surface area contributed by atoms with Crippen LogP contribution in [-0.4, -0.2) is 22.2 Å². The number of hydrogen-bond donors (Lipinski definition) is 2. The first-order valence-electron chi connectivity index (χ1n) is 10.6. The molecule has 0 atom stereocenters. The van der Waals surface area contributed by atoms with Gasteiger partial charge in [0.25, 0.3) is 5.91 Å². The molecule has 0 aliphatic heterocycles. The molecule has 5 nitrogen and oxygen atoms in total. The second-order valence-electron chi connectivity index (χ2n) is 7.83. The molecule has 4 rings (SSSR count). The zero-order chi connectivity index (χ0) is 24.2. The van der Waals surface area contributed by atoms with Gasteiger partial charge in [0.1, 0.15) is 17.2 Å². The number of nitrogens with one attached hydrogen (secondary N) is 1. The summed E-state index contributed by atoms with van der Waals surface area (Å²) in [5.74, 6) is -2.19. The van der Waals surface area contributed by atoms with Crippen molar-refractivity contribution in [3.8, 4) is 5.69 Å². The predicted molar refractivity (Wildman–Crippen MR) is 127 cm³/mol. The first-order chi connectivity index (χ1) is 16.4. The van der Waals surface area contributed by atoms with E-state index in [1.807, 2.05) is 0 Å². The Hall–Kier alpha value is -3.55. The molecule has 8 heteroatoms. The monoisotopic (exact) mass is 482 g/mol. The molecule has 0 aliphatic carbocycles. The van der Waals surface area contributed by atoms with E-state index in [1.165, 1.54) is 16.8 Å². The zero-order valence-corrected chi connectivity index (χ0v) is 18.8. The molecule has 0 radical (unpaired) electrons. The molecule has 174 valence electrons. The highest BCUT2D eigenvalue weighted by molar-refractivity contribution is 6.30. The average molecular weight is 483 g/mol. The van der Waals surface area contributed by atoms with E-state index in [1.54, 1.807) is 42.5 Å². The van der Waals surface area contributed by atoms with Crippen LogP contribution >= 0.6 is 11.6 Å². The second kappa shape index (κ2) is 10.2. The number of amides is 1. The molecule has 0 saturated heterocycles. The van der Waals surface area contributed by atoms with Crippen molar-refractivity contribution >= 4 is 28.4 Å². The van der Waals surface area contributed by atoms with Gasteiger partial charge in [-0.2, -0.15) is 0 Å². The van der Waals surface area contributed by atoms with Gasteiger partial charge in [-0.3, -0.25) is 9.59 Å². The van der Waals surface area contributed by atoms with Crippen LogP contribution in [0, 0.1) is 11.6 Å². The van der Waals surface area contributed by atoms with Gasteiger partial charge in [0.15, 0.2) is 0 Å². The van der Waals surface area contributed by atoms with Gasteiger partial charge in [0.2, 0.25) is 5.43 Å². The number of pyridine rings is 1. The molecule has 1 aromatic heterocycles. The van der Waals surface area contributed by atoms with E-state index in [0.717, 1.165) is 23.3 Å². The number of rotatable bonds is 7. The van der Waals surface area contributed by atoms with Crippen molar-refractivity contribution in [3.05, 3.63) is 110 Å². The average Bonchev–Trinajstić information content (AvgIpc) is 2.83. The van der Waals surface area contributed by atoms with E-state index in [9.17, 15) is 18.4 Å². The molecule has 2 N–H and O–H groups in total. The maximum absolute atomic E-state index is 14.7. The lowest BCUT2D eigenvalue weighted by molar-refractivity contribution is 0.0949. The van der Waals surface area contributed by atoms with Crippen LogP contribution in [-0.2, 0) is 13.0 Å². The number of carbonyl (C=O) groups is 1. The number of benzene rings is 3. The third-order valence-corrected chi connectivity index (χ3v) is 5.72. The lowest BCUT2D eigenvalue weighted by Crippen LogP contribution is -2.29. The van der Waals surface area contributed by atoms with Crippen LogP contribution in [0.4, 0.5) is 8.78 Å². The van der Waals surface area contributed by atoms with Gasteiger partial charge in [0.05, 0.1) is 11.2 Å². The van der Waals surface area contributed by atoms with Crippen LogP contribution in [0.5, 0.6) is 0 Å². The molecule has 1 heterocycles. The van der Waals surface area contributed by atoms with Crippen molar-refractivity contribution in [2.24, 2.45) is 0 Å². The fourth-order valence-electron chi connectivity index (χ4n) is 3.73. The van der Waals surface area contributed by atoms with Gasteiger partial charge in [-0.15, -0.1) is 0 Å². The summed E-state index contributed by atoms with van der Waals surface area (Å²) in [6, 6.07) is 15.1. The van der Waals surface area contributed by atoms with Crippen LogP contribution in [0.15, 0.2) is 71.7 Å². The first kappa shape index (κ1) is 23.6. The quantitative estimate of drug-likeness (QED) is 0.398. The van der Waals surface area contributed by atoms with Crippen molar-refractivity contribution in [2.45, 2.75) is 19.4 Å². The number of aryl methyl sites for hydroxylation is 1. The lowest BCUT2D eigenvalue weighted by Gasteiger charge is -2.15. The number of hydrogen-bond acceptors (Lipinski definition) is 3. The summed E-state index contributed by atoms with van der Waals surface area (Å²) in [6.07, 6.45) is 2.31. The molecule has 0 fully saturated rings. The Labute approximate surface area is 199 Å². The second-order valence-corrected chi connectivity index (χ2v) is 8.26. The Morgan fingerprint density at radius 2 is 1.74 bits per heavy atom. The summed E-state index contributed by atoms with van der Waals surface area (Å²) >= 11 is 5.89. The predicted octanol–water partition coefficient (Wildman–Crippen LogP) is 4.78. The number of aliphatic hydroxyl groups excluding tert-OH is 1. The van der Waals surface area contributed by atoms with Gasteiger partial charge in [-0.05, 0) is 60.4 Å². The van der Waals surface area contributed by atoms with E-state index in [2.05, 4.69) is 5.32 Å². The summed E-state index contributed by atoms with van der Waals surface area (Å²) < 4.78 is 29.6. The highest BCUT2D eigenvalue weighted by Gasteiger charge is 2.18. The summed E-state index contributed by atoms with van der Waals surface area (Å²) in [4.78, 5) is 26.3. The largest absolute Gasteiger partial charge is 0.396 e. The molecule has 0 saturated carbocycles. The van der Waals surface area contributed by atoms with Crippen molar-refractivity contribution in [2.75, 3.05) is 6.61 Å². The number of aromatic nitrogens is 1. The third-order valence-electron chi connectivity index (χ3n) is 5.47. The van der Waals surface area contributed by atoms with E-state index in [-0.39, 0.29) is 29.8 Å². The van der Waals surface area contributed by atoms with Crippen molar-refractivity contribution in [1.82, 2.24) is 9.88 Å². The summed E-state index contributed by atoms with van der Waals surface area (Å²) in [5.41, 5.74) is 1.27. The Bertz CT molecular complexity index is 1420. The van der Waals surface area contributed by atoms with E-state index >= 15 is 0 Å². The van der Waals surface area contributed by atoms with Crippen molar-refractivity contribution in [3.63, 3.8) is 0 Å². The van der Waals surface area contributed by atoms with Gasteiger partial charge >= 0.3 is 0 Å². The van der Waals surface area contributed by atoms with Gasteiger partial charge < -0.3 is 15.0 Å². The standard InChI is InChI=1S/C26H21ClF2N2O3/c27-18-6-3-17(4-7-18)14-30-26(34)21-15-31(24-10-8-19(28)13-22(24)29)23-9-5-16(2-1-11-32)12-20(23)25(21)33/h3-10,12-13,15,32H,1-2,11,14H2,(H,30,34). The molecule has 1 amide bonds. The van der Waals surface area contributed by atoms with E-state index < -0.39 is 23.0 Å². The number of aliphatic hydroxyl groups is 1. The molecular weight excluding hydrogens is 462 g/mol. The molecule has 3 aromatic carbocycles. The van der Waals surface area contributed by atoms with Crippen LogP contribution in [0.3, 0.4) is 0 Å². The molecule has 0 unspecified atom stereocenters. The molecule has 0 aliphatic rings. The minimum Gasteiger partial charge on any atom is -0.396 e.